The number of hydrogen-bond donors (Lipinski definition) is 0. The highest BCUT2D eigenvalue weighted by atomic mass is 35.5. The van der Waals surface area contributed by atoms with Crippen molar-refractivity contribution in [3.8, 4) is 23.0 Å². The maximum atomic E-state index is 15.2. The van der Waals surface area contributed by atoms with E-state index in [4.69, 9.17) is 52.7 Å². The van der Waals surface area contributed by atoms with Gasteiger partial charge in [0.1, 0.15) is 41.7 Å². The van der Waals surface area contributed by atoms with E-state index in [0.29, 0.717) is 11.5 Å². The van der Waals surface area contributed by atoms with Gasteiger partial charge >= 0.3 is 26.2 Å². The molecule has 0 unspecified atom stereocenters. The fourth-order valence-electron chi connectivity index (χ4n) is 7.52. The summed E-state index contributed by atoms with van der Waals surface area (Å²) < 4.78 is 37.8. The zero-order valence-electron chi connectivity index (χ0n) is 42.1. The molecule has 2 saturated heterocycles. The van der Waals surface area contributed by atoms with Crippen molar-refractivity contribution in [3.63, 3.8) is 0 Å². The van der Waals surface area contributed by atoms with Gasteiger partial charge in [-0.25, -0.2) is 19.5 Å². The summed E-state index contributed by atoms with van der Waals surface area (Å²) in [5, 5.41) is 4.53. The van der Waals surface area contributed by atoms with Crippen molar-refractivity contribution in [1.82, 2.24) is 14.8 Å². The highest BCUT2D eigenvalue weighted by Gasteiger charge is 2.62. The largest absolute Gasteiger partial charge is 0.542 e. The highest BCUT2D eigenvalue weighted by molar-refractivity contribution is 8.20. The number of fused-ring (bicyclic) bond motifs is 1. The number of ketones is 1. The molecule has 0 saturated carbocycles. The summed E-state index contributed by atoms with van der Waals surface area (Å²) in [6.07, 6.45) is -1.93. The molecule has 2 heterocycles. The minimum absolute atomic E-state index is 0.00281. The van der Waals surface area contributed by atoms with Crippen LogP contribution in [0.15, 0.2) is 96.1 Å². The first kappa shape index (κ1) is 55.9. The molecule has 0 N–H and O–H groups in total. The Morgan fingerprint density at radius 3 is 1.95 bits per heavy atom. The van der Waals surface area contributed by atoms with Gasteiger partial charge in [-0.2, -0.15) is 5.10 Å². The second-order valence-corrected chi connectivity index (χ2v) is 22.4. The molecular weight excluding hydrogens is 999 g/mol. The zero-order valence-corrected chi connectivity index (χ0v) is 44.5. The third kappa shape index (κ3) is 14.4. The van der Waals surface area contributed by atoms with Gasteiger partial charge < -0.3 is 38.0 Å². The Labute approximate surface area is 439 Å². The van der Waals surface area contributed by atoms with Crippen molar-refractivity contribution in [1.29, 1.82) is 0 Å². The van der Waals surface area contributed by atoms with E-state index in [1.54, 1.807) is 92.2 Å². The Balaban J connectivity index is 1.34. The van der Waals surface area contributed by atoms with Crippen molar-refractivity contribution >= 4 is 84.6 Å². The van der Waals surface area contributed by atoms with Crippen LogP contribution in [0.2, 0.25) is 5.02 Å². The smallest absolute Gasteiger partial charge is 0.430 e. The molecule has 2 aliphatic rings. The average Bonchev–Trinajstić information content (AvgIpc) is 3.70. The number of nitrogens with zero attached hydrogens (tertiary/aromatic N) is 4. The molecule has 0 bridgehead atoms. The van der Waals surface area contributed by atoms with E-state index in [9.17, 15) is 24.0 Å². The summed E-state index contributed by atoms with van der Waals surface area (Å²) in [6.45, 7) is 9.33. The van der Waals surface area contributed by atoms with Crippen molar-refractivity contribution in [2.24, 2.45) is 11.0 Å². The fraction of sp³-hybridized carbons (Fsp3) is 0.404. The second kappa shape index (κ2) is 24.1. The summed E-state index contributed by atoms with van der Waals surface area (Å²) >= 11 is 9.38. The Morgan fingerprint density at radius 1 is 0.808 bits per heavy atom. The minimum atomic E-state index is -1.51. The molecule has 0 aliphatic carbocycles. The van der Waals surface area contributed by atoms with Gasteiger partial charge in [-0.05, 0) is 94.6 Å². The van der Waals surface area contributed by atoms with E-state index in [0.717, 1.165) is 50.1 Å². The Bertz CT molecular complexity index is 2680. The molecule has 0 aromatic heterocycles. The molecule has 17 nitrogen and oxygen atoms in total. The number of ether oxygens (including phenoxy) is 6. The van der Waals surface area contributed by atoms with Crippen LogP contribution in [0.25, 0.3) is 0 Å². The molecule has 4 aromatic rings. The third-order valence-electron chi connectivity index (χ3n) is 11.1. The summed E-state index contributed by atoms with van der Waals surface area (Å²) in [7, 11) is 9.87. The maximum absolute atomic E-state index is 15.2. The Morgan fingerprint density at radius 2 is 1.38 bits per heavy atom. The number of amides is 4. The van der Waals surface area contributed by atoms with Crippen LogP contribution in [-0.2, 0) is 52.9 Å². The first-order valence-electron chi connectivity index (χ1n) is 23.1. The average molecular weight is 1060 g/mol. The minimum Gasteiger partial charge on any atom is -0.542 e. The molecule has 2 radical (unpaired) electrons. The van der Waals surface area contributed by atoms with E-state index in [1.165, 1.54) is 24.1 Å². The summed E-state index contributed by atoms with van der Waals surface area (Å²) in [5.74, 6) is -1.71. The quantitative estimate of drug-likeness (QED) is 0.0354. The number of carbonyl (C=O) groups is 6. The van der Waals surface area contributed by atoms with Gasteiger partial charge in [0.2, 0.25) is 5.91 Å². The normalized spacial score (nSPS) is 17.4. The van der Waals surface area contributed by atoms with E-state index >= 15 is 4.79 Å². The standard InChI is InChI=1S/C52H58BClN4O13S2/c1-50(2,3)69-48(63)56(7)55-42(38-23-24-40(67-29-33-15-19-36(65-8)20-16-33)43(41(38)54)68-30-34-17-21-37(66-9)22-18-34)45(61)57(49(64)70-51(4,5)6)25-26-72-52(47(62)71-53)31-58-44(60)39(46(58)73-52)28-35(59)27-32-13-11-10-12-14-32/h10-24,39,46H,25-31H2,1-9H3/b55-42-/t39-,46-,52-/m1/s1. The molecule has 2 fully saturated rings. The van der Waals surface area contributed by atoms with E-state index < -0.39 is 62.9 Å². The number of β-lactam (4-membered cyclic amide) rings is 1. The Kier molecular flexibility index (Phi) is 18.5. The van der Waals surface area contributed by atoms with Crippen LogP contribution in [0.1, 0.15) is 70.2 Å². The molecule has 4 amide bonds. The lowest BCUT2D eigenvalue weighted by atomic mass is 9.90. The Hall–Kier alpha value is -6.38. The highest BCUT2D eigenvalue weighted by Crippen LogP contribution is 2.55. The number of benzene rings is 4. The van der Waals surface area contributed by atoms with Gasteiger partial charge in [0.15, 0.2) is 21.3 Å². The van der Waals surface area contributed by atoms with Gasteiger partial charge in [-0.3, -0.25) is 19.2 Å². The SMILES string of the molecule is [B]OC(=O)[C@@]1(SCCN(C(=O)OC(C)(C)C)C(=O)/C(=N\N(C)C(=O)OC(C)(C)C)c2ccc(OCc3ccc(OC)cc3)c(OCc3ccc(OC)cc3)c2Cl)CN2C(=O)[C@@H](CC(=O)Cc3ccccc3)[C@H]2S1. The van der Waals surface area contributed by atoms with Crippen LogP contribution < -0.4 is 18.9 Å². The molecule has 2 aliphatic heterocycles. The van der Waals surface area contributed by atoms with Crippen LogP contribution in [0.3, 0.4) is 0 Å². The molecule has 21 heteroatoms. The van der Waals surface area contributed by atoms with Crippen LogP contribution >= 0.6 is 35.1 Å². The van der Waals surface area contributed by atoms with Crippen molar-refractivity contribution in [2.45, 2.75) is 88.3 Å². The number of imide groups is 1. The maximum Gasteiger partial charge on any atom is 0.430 e. The number of carbonyl (C=O) groups excluding carboxylic acids is 6. The van der Waals surface area contributed by atoms with Crippen molar-refractivity contribution < 1.29 is 61.8 Å². The van der Waals surface area contributed by atoms with Crippen LogP contribution in [0.4, 0.5) is 9.59 Å². The van der Waals surface area contributed by atoms with Crippen LogP contribution in [0, 0.1) is 5.92 Å². The van der Waals surface area contributed by atoms with Gasteiger partial charge in [0, 0.05) is 37.8 Å². The number of rotatable bonds is 20. The fourth-order valence-corrected chi connectivity index (χ4v) is 11.1. The van der Waals surface area contributed by atoms with Gasteiger partial charge in [-0.1, -0.05) is 66.2 Å². The molecule has 386 valence electrons. The predicted molar refractivity (Wildman–Crippen MR) is 278 cm³/mol. The van der Waals surface area contributed by atoms with Crippen molar-refractivity contribution in [3.05, 3.63) is 118 Å². The summed E-state index contributed by atoms with van der Waals surface area (Å²) in [6, 6.07) is 26.5. The van der Waals surface area contributed by atoms with Crippen LogP contribution in [-0.4, -0.2) is 125 Å². The monoisotopic (exact) mass is 1060 g/mol. The first-order valence-corrected chi connectivity index (χ1v) is 25.3. The van der Waals surface area contributed by atoms with Gasteiger partial charge in [0.25, 0.3) is 5.91 Å². The van der Waals surface area contributed by atoms with E-state index in [-0.39, 0.29) is 72.1 Å². The van der Waals surface area contributed by atoms with E-state index in [1.807, 2.05) is 42.5 Å². The first-order chi connectivity index (χ1) is 34.5. The van der Waals surface area contributed by atoms with Gasteiger partial charge in [0.05, 0.1) is 37.1 Å². The molecular formula is C52H58BClN4O13S2. The lowest BCUT2D eigenvalue weighted by Gasteiger charge is -2.41. The number of Topliss-reactive ketones (excluding diaryl/α,β-unsaturated/α-hetero) is 1. The molecule has 3 atom stereocenters. The zero-order chi connectivity index (χ0) is 53.3. The lowest BCUT2D eigenvalue weighted by Crippen LogP contribution is -2.57. The topological polar surface area (TPSA) is 189 Å². The lowest BCUT2D eigenvalue weighted by molar-refractivity contribution is -0.152. The number of hydrogen-bond acceptors (Lipinski definition) is 16. The number of hydrazone groups is 1. The number of halogens is 1. The number of thioether (sulfide) groups is 2. The van der Waals surface area contributed by atoms with Crippen molar-refractivity contribution in [2.75, 3.05) is 40.1 Å². The molecule has 4 aromatic carbocycles. The third-order valence-corrected chi connectivity index (χ3v) is 14.7. The predicted octanol–water partition coefficient (Wildman–Crippen LogP) is 8.64. The molecule has 6 rings (SSSR count). The summed E-state index contributed by atoms with van der Waals surface area (Å²) in [5.41, 5.74) is -0.332. The summed E-state index contributed by atoms with van der Waals surface area (Å²) in [4.78, 5) is 85.4. The molecule has 0 spiro atoms. The molecule has 73 heavy (non-hydrogen) atoms. The van der Waals surface area contributed by atoms with Crippen LogP contribution in [0.5, 0.6) is 23.0 Å². The number of methoxy groups -OCH3 is 2. The second-order valence-electron chi connectivity index (χ2n) is 18.9. The van der Waals surface area contributed by atoms with E-state index in [2.05, 4.69) is 5.10 Å². The van der Waals surface area contributed by atoms with Gasteiger partial charge in [-0.15, -0.1) is 23.5 Å².